The second kappa shape index (κ2) is 14.1. The number of ether oxygens (including phenoxy) is 4. The van der Waals surface area contributed by atoms with Crippen LogP contribution in [0.5, 0.6) is 0 Å². The second-order valence-electron chi connectivity index (χ2n) is 11.9. The molecule has 7 nitrogen and oxygen atoms in total. The number of esters is 2. The first-order valence-electron chi connectivity index (χ1n) is 15.0. The highest BCUT2D eigenvalue weighted by Crippen LogP contribution is 2.51. The number of carbonyl (C=O) groups is 2. The average Bonchev–Trinajstić information content (AvgIpc) is 3.42. The van der Waals surface area contributed by atoms with Gasteiger partial charge >= 0.3 is 11.9 Å². The van der Waals surface area contributed by atoms with Crippen LogP contribution in [0.3, 0.4) is 0 Å². The van der Waals surface area contributed by atoms with E-state index in [9.17, 15) is 14.7 Å². The van der Waals surface area contributed by atoms with Gasteiger partial charge in [0.1, 0.15) is 6.10 Å². The van der Waals surface area contributed by atoms with Crippen molar-refractivity contribution in [2.75, 3.05) is 13.7 Å². The minimum atomic E-state index is -0.608. The van der Waals surface area contributed by atoms with E-state index in [0.717, 1.165) is 83.7 Å². The molecule has 3 saturated carbocycles. The van der Waals surface area contributed by atoms with Crippen molar-refractivity contribution in [2.45, 2.75) is 127 Å². The summed E-state index contributed by atoms with van der Waals surface area (Å²) in [5.41, 5.74) is 1.11. The molecule has 1 saturated heterocycles. The lowest BCUT2D eigenvalue weighted by Crippen LogP contribution is -2.43. The summed E-state index contributed by atoms with van der Waals surface area (Å²) in [6, 6.07) is 0. The van der Waals surface area contributed by atoms with Gasteiger partial charge in [0.2, 0.25) is 0 Å². The van der Waals surface area contributed by atoms with Crippen LogP contribution < -0.4 is 0 Å². The van der Waals surface area contributed by atoms with Crippen LogP contribution in [0, 0.1) is 17.8 Å². The molecule has 0 amide bonds. The van der Waals surface area contributed by atoms with E-state index in [4.69, 9.17) is 18.9 Å². The first kappa shape index (κ1) is 29.3. The number of aliphatic hydroxyl groups excluding tert-OH is 1. The Kier molecular flexibility index (Phi) is 10.9. The smallest absolute Gasteiger partial charge is 0.305 e. The summed E-state index contributed by atoms with van der Waals surface area (Å²) in [6.45, 7) is 2.24. The molecule has 6 atom stereocenters. The zero-order chi connectivity index (χ0) is 27.0. The minimum Gasteiger partial charge on any atom is -0.469 e. The number of rotatable bonds is 11. The van der Waals surface area contributed by atoms with Gasteiger partial charge in [-0.2, -0.15) is 0 Å². The van der Waals surface area contributed by atoms with E-state index in [1.165, 1.54) is 26.0 Å². The van der Waals surface area contributed by atoms with Crippen molar-refractivity contribution < 1.29 is 33.6 Å². The summed E-state index contributed by atoms with van der Waals surface area (Å²) in [5, 5.41) is 11.2. The van der Waals surface area contributed by atoms with E-state index in [0.29, 0.717) is 24.7 Å². The molecule has 0 aromatic rings. The van der Waals surface area contributed by atoms with Crippen LogP contribution in [0.2, 0.25) is 0 Å². The number of unbranched alkanes of at least 4 members (excludes halogenated alkanes) is 1. The molecule has 1 aliphatic heterocycles. The number of fused-ring (bicyclic) bond motifs is 1. The molecule has 4 rings (SSSR count). The van der Waals surface area contributed by atoms with Gasteiger partial charge in [-0.1, -0.05) is 43.1 Å². The van der Waals surface area contributed by atoms with Gasteiger partial charge in [0.05, 0.1) is 18.8 Å². The molecular formula is C31H48O7. The Labute approximate surface area is 228 Å². The fraction of sp³-hybridized carbons (Fsp3) is 0.806. The standard InChI is InChI=1S/C31H48O7/c1-22(32)37-28-20-24-18-23(10-4-5-11-29(34)35-2)19-27(24)26(28)14-13-25(33)21-31(15-7-3-8-16-31)38-30-12-6-9-17-36-30/h10,13-14,24-28,30,33H,3-9,11-12,15-21H2,1-2H3/b14-13-,23-10+/t24-,25?,26-,27+,28-,30?/m0/s1. The Bertz CT molecular complexity index is 837. The third-order valence-corrected chi connectivity index (χ3v) is 9.07. The topological polar surface area (TPSA) is 91.3 Å². The molecule has 0 bridgehead atoms. The number of hydrogen-bond acceptors (Lipinski definition) is 7. The van der Waals surface area contributed by atoms with Crippen LogP contribution in [0.1, 0.15) is 103 Å². The molecule has 1 heterocycles. The van der Waals surface area contributed by atoms with Crippen LogP contribution >= 0.6 is 0 Å². The largest absolute Gasteiger partial charge is 0.469 e. The number of allylic oxidation sites excluding steroid dienone is 2. The maximum Gasteiger partial charge on any atom is 0.305 e. The molecule has 0 aromatic heterocycles. The van der Waals surface area contributed by atoms with E-state index in [2.05, 4.69) is 12.2 Å². The Morgan fingerprint density at radius 2 is 1.97 bits per heavy atom. The molecule has 214 valence electrons. The zero-order valence-electron chi connectivity index (χ0n) is 23.4. The predicted octanol–water partition coefficient (Wildman–Crippen LogP) is 5.79. The van der Waals surface area contributed by atoms with Crippen molar-refractivity contribution in [2.24, 2.45) is 17.8 Å². The van der Waals surface area contributed by atoms with E-state index in [-0.39, 0.29) is 35.9 Å². The molecule has 38 heavy (non-hydrogen) atoms. The molecule has 4 fully saturated rings. The third-order valence-electron chi connectivity index (χ3n) is 9.07. The van der Waals surface area contributed by atoms with Gasteiger partial charge in [-0.3, -0.25) is 9.59 Å². The highest BCUT2D eigenvalue weighted by atomic mass is 16.7. The number of carbonyl (C=O) groups excluding carboxylic acids is 2. The van der Waals surface area contributed by atoms with Crippen molar-refractivity contribution in [3.05, 3.63) is 23.8 Å². The van der Waals surface area contributed by atoms with Gasteiger partial charge in [0.15, 0.2) is 6.29 Å². The maximum absolute atomic E-state index is 11.8. The first-order valence-corrected chi connectivity index (χ1v) is 15.0. The quantitative estimate of drug-likeness (QED) is 0.205. The summed E-state index contributed by atoms with van der Waals surface area (Å²) in [7, 11) is 1.43. The Morgan fingerprint density at radius 3 is 2.68 bits per heavy atom. The van der Waals surface area contributed by atoms with Crippen LogP contribution in [0.4, 0.5) is 0 Å². The summed E-state index contributed by atoms with van der Waals surface area (Å²) in [4.78, 5) is 23.2. The van der Waals surface area contributed by atoms with Crippen molar-refractivity contribution in [1.82, 2.24) is 0 Å². The van der Waals surface area contributed by atoms with Crippen LogP contribution in [0.25, 0.3) is 0 Å². The molecule has 0 aromatic carbocycles. The fourth-order valence-electron chi connectivity index (χ4n) is 7.26. The van der Waals surface area contributed by atoms with Crippen LogP contribution in [0.15, 0.2) is 23.8 Å². The molecule has 1 N–H and O–H groups in total. The Balaban J connectivity index is 1.37. The lowest BCUT2D eigenvalue weighted by molar-refractivity contribution is -0.238. The lowest BCUT2D eigenvalue weighted by Gasteiger charge is -2.41. The highest BCUT2D eigenvalue weighted by Gasteiger charge is 2.47. The molecule has 4 aliphatic rings. The van der Waals surface area contributed by atoms with Crippen molar-refractivity contribution >= 4 is 11.9 Å². The van der Waals surface area contributed by atoms with Crippen molar-refractivity contribution in [3.63, 3.8) is 0 Å². The van der Waals surface area contributed by atoms with E-state index >= 15 is 0 Å². The number of aliphatic hydroxyl groups is 1. The molecule has 7 heteroatoms. The summed E-state index contributed by atoms with van der Waals surface area (Å²) < 4.78 is 22.9. The molecule has 2 unspecified atom stereocenters. The van der Waals surface area contributed by atoms with E-state index < -0.39 is 6.10 Å². The van der Waals surface area contributed by atoms with Crippen LogP contribution in [-0.2, 0) is 28.5 Å². The number of methoxy groups -OCH3 is 1. The maximum atomic E-state index is 11.8. The average molecular weight is 533 g/mol. The summed E-state index contributed by atoms with van der Waals surface area (Å²) >= 11 is 0. The van der Waals surface area contributed by atoms with Gasteiger partial charge in [-0.25, -0.2) is 0 Å². The highest BCUT2D eigenvalue weighted by molar-refractivity contribution is 5.69. The second-order valence-corrected chi connectivity index (χ2v) is 11.9. The molecule has 0 spiro atoms. The van der Waals surface area contributed by atoms with E-state index in [1.807, 2.05) is 6.08 Å². The van der Waals surface area contributed by atoms with Crippen molar-refractivity contribution in [1.29, 1.82) is 0 Å². The number of hydrogen-bond donors (Lipinski definition) is 1. The van der Waals surface area contributed by atoms with Gasteiger partial charge < -0.3 is 24.1 Å². The van der Waals surface area contributed by atoms with Crippen molar-refractivity contribution in [3.8, 4) is 0 Å². The summed E-state index contributed by atoms with van der Waals surface area (Å²) in [5.74, 6) is 0.588. The predicted molar refractivity (Wildman–Crippen MR) is 144 cm³/mol. The Hall–Kier alpha value is -1.70. The summed E-state index contributed by atoms with van der Waals surface area (Å²) in [6.07, 6.45) is 19.6. The fourth-order valence-corrected chi connectivity index (χ4v) is 7.26. The molecule has 0 radical (unpaired) electrons. The zero-order valence-corrected chi connectivity index (χ0v) is 23.4. The monoisotopic (exact) mass is 532 g/mol. The normalized spacial score (nSPS) is 32.8. The van der Waals surface area contributed by atoms with Gasteiger partial charge in [-0.05, 0) is 76.0 Å². The minimum absolute atomic E-state index is 0.101. The van der Waals surface area contributed by atoms with Gasteiger partial charge in [0.25, 0.3) is 0 Å². The lowest BCUT2D eigenvalue weighted by atomic mass is 9.80. The van der Waals surface area contributed by atoms with E-state index in [1.54, 1.807) is 0 Å². The molecular weight excluding hydrogens is 484 g/mol. The first-order chi connectivity index (χ1) is 18.4. The molecule has 3 aliphatic carbocycles. The Morgan fingerprint density at radius 1 is 1.16 bits per heavy atom. The SMILES string of the molecule is COC(=O)CCC/C=C1\C[C@H]2C[C@H](OC(C)=O)[C@@H](/C=C\C(O)CC3(OC4CCCCO4)CCCCC3)[C@@H]2C1. The van der Waals surface area contributed by atoms with Gasteiger partial charge in [0, 0.05) is 32.3 Å². The third kappa shape index (κ3) is 8.15. The van der Waals surface area contributed by atoms with Gasteiger partial charge in [-0.15, -0.1) is 0 Å². The van der Waals surface area contributed by atoms with Crippen LogP contribution in [-0.4, -0.2) is 54.9 Å².